The normalized spacial score (nSPS) is 14.5. The second kappa shape index (κ2) is 9.18. The van der Waals surface area contributed by atoms with Crippen LogP contribution in [-0.2, 0) is 6.42 Å². The molecule has 1 aromatic rings. The van der Waals surface area contributed by atoms with Crippen LogP contribution in [0, 0.1) is 5.92 Å². The first-order valence-corrected chi connectivity index (χ1v) is 8.47. The van der Waals surface area contributed by atoms with Gasteiger partial charge in [-0.1, -0.05) is 64.3 Å². The van der Waals surface area contributed by atoms with E-state index in [1.807, 2.05) is 0 Å². The maximum Gasteiger partial charge on any atom is 0.0294 e. The Hall–Kier alpha value is -0.820. The molecule has 0 bridgehead atoms. The van der Waals surface area contributed by atoms with Gasteiger partial charge in [0.1, 0.15) is 0 Å². The molecule has 0 saturated carbocycles. The molecular formula is C19H33N. The summed E-state index contributed by atoms with van der Waals surface area (Å²) < 4.78 is 0. The van der Waals surface area contributed by atoms with Crippen LogP contribution in [0.1, 0.15) is 77.5 Å². The Labute approximate surface area is 126 Å². The molecule has 0 amide bonds. The smallest absolute Gasteiger partial charge is 0.0294 e. The first-order valence-electron chi connectivity index (χ1n) is 8.47. The fourth-order valence-corrected chi connectivity index (χ4v) is 2.98. The lowest BCUT2D eigenvalue weighted by atomic mass is 9.94. The standard InChI is InChI=1S/C19H33N/c1-6-9-10-17-11-13-19(14-12-17)16(5)20-15(4)18(7-2)8-3/h11-16,18,20H,6-10H2,1-5H3. The Balaban J connectivity index is 2.56. The van der Waals surface area contributed by atoms with Crippen LogP contribution in [-0.4, -0.2) is 6.04 Å². The van der Waals surface area contributed by atoms with Gasteiger partial charge in [-0.25, -0.2) is 0 Å². The average Bonchev–Trinajstić information content (AvgIpc) is 2.46. The van der Waals surface area contributed by atoms with Gasteiger partial charge in [0.15, 0.2) is 0 Å². The maximum atomic E-state index is 3.76. The van der Waals surface area contributed by atoms with E-state index < -0.39 is 0 Å². The zero-order chi connectivity index (χ0) is 15.0. The maximum absolute atomic E-state index is 3.76. The molecule has 0 radical (unpaired) electrons. The van der Waals surface area contributed by atoms with Crippen LogP contribution in [0.25, 0.3) is 0 Å². The van der Waals surface area contributed by atoms with Crippen molar-refractivity contribution >= 4 is 0 Å². The quantitative estimate of drug-likeness (QED) is 0.627. The highest BCUT2D eigenvalue weighted by atomic mass is 14.9. The molecule has 1 heteroatoms. The van der Waals surface area contributed by atoms with E-state index in [1.54, 1.807) is 0 Å². The lowest BCUT2D eigenvalue weighted by Crippen LogP contribution is -2.34. The van der Waals surface area contributed by atoms with Gasteiger partial charge in [0, 0.05) is 12.1 Å². The third-order valence-electron chi connectivity index (χ3n) is 4.57. The first kappa shape index (κ1) is 17.2. The van der Waals surface area contributed by atoms with Crippen molar-refractivity contribution in [3.8, 4) is 0 Å². The van der Waals surface area contributed by atoms with E-state index in [0.717, 1.165) is 5.92 Å². The van der Waals surface area contributed by atoms with Gasteiger partial charge in [0.25, 0.3) is 0 Å². The van der Waals surface area contributed by atoms with Crippen molar-refractivity contribution in [3.05, 3.63) is 35.4 Å². The van der Waals surface area contributed by atoms with E-state index in [2.05, 4.69) is 64.2 Å². The van der Waals surface area contributed by atoms with Gasteiger partial charge in [-0.15, -0.1) is 0 Å². The van der Waals surface area contributed by atoms with Crippen LogP contribution in [0.3, 0.4) is 0 Å². The minimum absolute atomic E-state index is 0.436. The van der Waals surface area contributed by atoms with Gasteiger partial charge in [-0.3, -0.25) is 0 Å². The average molecular weight is 275 g/mol. The van der Waals surface area contributed by atoms with Crippen molar-refractivity contribution in [3.63, 3.8) is 0 Å². The van der Waals surface area contributed by atoms with Gasteiger partial charge in [-0.05, 0) is 43.7 Å². The summed E-state index contributed by atoms with van der Waals surface area (Å²) in [6.45, 7) is 11.4. The van der Waals surface area contributed by atoms with Crippen molar-refractivity contribution in [2.24, 2.45) is 5.92 Å². The highest BCUT2D eigenvalue weighted by molar-refractivity contribution is 5.24. The largest absolute Gasteiger partial charge is 0.307 e. The molecule has 2 unspecified atom stereocenters. The highest BCUT2D eigenvalue weighted by Gasteiger charge is 2.16. The Bertz CT molecular complexity index is 351. The van der Waals surface area contributed by atoms with E-state index in [9.17, 15) is 0 Å². The van der Waals surface area contributed by atoms with Crippen molar-refractivity contribution < 1.29 is 0 Å². The number of hydrogen-bond donors (Lipinski definition) is 1. The Morgan fingerprint density at radius 3 is 2.05 bits per heavy atom. The fourth-order valence-electron chi connectivity index (χ4n) is 2.98. The second-order valence-electron chi connectivity index (χ2n) is 6.10. The lowest BCUT2D eigenvalue weighted by molar-refractivity contribution is 0.330. The Morgan fingerprint density at radius 2 is 1.55 bits per heavy atom. The fraction of sp³-hybridized carbons (Fsp3) is 0.684. The van der Waals surface area contributed by atoms with Crippen LogP contribution in [0.4, 0.5) is 0 Å². The van der Waals surface area contributed by atoms with Crippen molar-refractivity contribution in [1.82, 2.24) is 5.32 Å². The van der Waals surface area contributed by atoms with Gasteiger partial charge < -0.3 is 5.32 Å². The molecule has 20 heavy (non-hydrogen) atoms. The van der Waals surface area contributed by atoms with Crippen molar-refractivity contribution in [2.75, 3.05) is 0 Å². The minimum Gasteiger partial charge on any atom is -0.307 e. The van der Waals surface area contributed by atoms with Crippen molar-refractivity contribution in [1.29, 1.82) is 0 Å². The summed E-state index contributed by atoms with van der Waals surface area (Å²) in [5.74, 6) is 0.779. The summed E-state index contributed by atoms with van der Waals surface area (Å²) >= 11 is 0. The summed E-state index contributed by atoms with van der Waals surface area (Å²) in [6, 6.07) is 10.2. The van der Waals surface area contributed by atoms with E-state index in [-0.39, 0.29) is 0 Å². The number of rotatable bonds is 9. The van der Waals surface area contributed by atoms with E-state index >= 15 is 0 Å². The van der Waals surface area contributed by atoms with Crippen LogP contribution < -0.4 is 5.32 Å². The minimum atomic E-state index is 0.436. The van der Waals surface area contributed by atoms with Gasteiger partial charge in [0.2, 0.25) is 0 Å². The SMILES string of the molecule is CCCCc1ccc(C(C)NC(C)C(CC)CC)cc1. The summed E-state index contributed by atoms with van der Waals surface area (Å²) in [6.07, 6.45) is 6.29. The molecule has 0 fully saturated rings. The third-order valence-corrected chi connectivity index (χ3v) is 4.57. The number of unbranched alkanes of at least 4 members (excludes halogenated alkanes) is 1. The van der Waals surface area contributed by atoms with Gasteiger partial charge in [-0.2, -0.15) is 0 Å². The lowest BCUT2D eigenvalue weighted by Gasteiger charge is -2.26. The first-order chi connectivity index (χ1) is 9.62. The summed E-state index contributed by atoms with van der Waals surface area (Å²) in [7, 11) is 0. The highest BCUT2D eigenvalue weighted by Crippen LogP contribution is 2.19. The molecule has 0 saturated heterocycles. The Morgan fingerprint density at radius 1 is 0.950 bits per heavy atom. The van der Waals surface area contributed by atoms with Crippen LogP contribution in [0.5, 0.6) is 0 Å². The summed E-state index contributed by atoms with van der Waals surface area (Å²) in [5.41, 5.74) is 2.87. The molecule has 1 nitrogen and oxygen atoms in total. The monoisotopic (exact) mass is 275 g/mol. The molecule has 1 N–H and O–H groups in total. The number of aryl methyl sites for hydroxylation is 1. The molecular weight excluding hydrogens is 242 g/mol. The third kappa shape index (κ3) is 5.28. The molecule has 0 heterocycles. The molecule has 1 aromatic carbocycles. The molecule has 0 aromatic heterocycles. The summed E-state index contributed by atoms with van der Waals surface area (Å²) in [4.78, 5) is 0. The summed E-state index contributed by atoms with van der Waals surface area (Å²) in [5, 5.41) is 3.76. The molecule has 114 valence electrons. The van der Waals surface area contributed by atoms with E-state index in [4.69, 9.17) is 0 Å². The molecule has 0 spiro atoms. The second-order valence-corrected chi connectivity index (χ2v) is 6.10. The molecule has 0 aliphatic rings. The number of hydrogen-bond acceptors (Lipinski definition) is 1. The molecule has 0 aliphatic heterocycles. The van der Waals surface area contributed by atoms with Crippen molar-refractivity contribution in [2.45, 2.75) is 78.8 Å². The number of nitrogens with one attached hydrogen (secondary N) is 1. The van der Waals surface area contributed by atoms with E-state index in [0.29, 0.717) is 12.1 Å². The molecule has 0 aliphatic carbocycles. The predicted molar refractivity (Wildman–Crippen MR) is 90.1 cm³/mol. The van der Waals surface area contributed by atoms with E-state index in [1.165, 1.54) is 43.2 Å². The van der Waals surface area contributed by atoms with Gasteiger partial charge in [0.05, 0.1) is 0 Å². The van der Waals surface area contributed by atoms with Crippen LogP contribution >= 0.6 is 0 Å². The van der Waals surface area contributed by atoms with Crippen LogP contribution in [0.15, 0.2) is 24.3 Å². The predicted octanol–water partition coefficient (Wildman–Crippen LogP) is 5.50. The van der Waals surface area contributed by atoms with Crippen LogP contribution in [0.2, 0.25) is 0 Å². The zero-order valence-electron chi connectivity index (χ0n) is 14.1. The Kier molecular flexibility index (Phi) is 7.91. The number of benzene rings is 1. The molecule has 2 atom stereocenters. The van der Waals surface area contributed by atoms with Gasteiger partial charge >= 0.3 is 0 Å². The molecule has 1 rings (SSSR count). The zero-order valence-corrected chi connectivity index (χ0v) is 14.1. The topological polar surface area (TPSA) is 12.0 Å².